The van der Waals surface area contributed by atoms with E-state index in [0.29, 0.717) is 12.6 Å². The van der Waals surface area contributed by atoms with Gasteiger partial charge in [-0.15, -0.1) is 11.3 Å². The van der Waals surface area contributed by atoms with Crippen molar-refractivity contribution in [2.24, 2.45) is 0 Å². The quantitative estimate of drug-likeness (QED) is 0.883. The number of aryl methyl sites for hydroxylation is 1. The summed E-state index contributed by atoms with van der Waals surface area (Å²) in [6.45, 7) is 11.1. The third-order valence-corrected chi connectivity index (χ3v) is 5.14. The first-order valence-electron chi connectivity index (χ1n) is 7.55. The van der Waals surface area contributed by atoms with Crippen LogP contribution in [-0.4, -0.2) is 36.5 Å². The fraction of sp³-hybridized carbons (Fsp3) is 0.471. The smallest absolute Gasteiger partial charge is 0.261 e. The van der Waals surface area contributed by atoms with E-state index in [1.54, 1.807) is 11.3 Å². The van der Waals surface area contributed by atoms with Crippen LogP contribution in [0.2, 0.25) is 0 Å². The highest BCUT2D eigenvalue weighted by Gasteiger charge is 2.15. The fourth-order valence-electron chi connectivity index (χ4n) is 2.57. The molecule has 0 fully saturated rings. The van der Waals surface area contributed by atoms with Crippen molar-refractivity contribution in [2.45, 2.75) is 33.7 Å². The molecule has 0 saturated carbocycles. The number of amides is 1. The maximum Gasteiger partial charge on any atom is 0.261 e. The Hall–Kier alpha value is -1.39. The fourth-order valence-corrected chi connectivity index (χ4v) is 3.69. The van der Waals surface area contributed by atoms with Crippen LogP contribution in [0.5, 0.6) is 0 Å². The van der Waals surface area contributed by atoms with Gasteiger partial charge in [-0.05, 0) is 44.3 Å². The number of hydrogen-bond donors (Lipinski definition) is 1. The average molecular weight is 304 g/mol. The van der Waals surface area contributed by atoms with Crippen molar-refractivity contribution in [3.63, 3.8) is 0 Å². The average Bonchev–Trinajstić information content (AvgIpc) is 2.81. The molecule has 3 nitrogen and oxygen atoms in total. The normalized spacial score (nSPS) is 11.5. The molecule has 4 heteroatoms. The number of likely N-dealkylation sites (N-methyl/N-ethyl adjacent to an activating group) is 1. The molecule has 0 bridgehead atoms. The van der Waals surface area contributed by atoms with Crippen LogP contribution < -0.4 is 5.32 Å². The van der Waals surface area contributed by atoms with E-state index in [9.17, 15) is 4.79 Å². The maximum atomic E-state index is 12.4. The van der Waals surface area contributed by atoms with E-state index in [-0.39, 0.29) is 5.91 Å². The van der Waals surface area contributed by atoms with Crippen LogP contribution >= 0.6 is 11.3 Å². The highest BCUT2D eigenvalue weighted by Crippen LogP contribution is 2.30. The third kappa shape index (κ3) is 3.63. The van der Waals surface area contributed by atoms with E-state index in [0.717, 1.165) is 23.5 Å². The second kappa shape index (κ2) is 7.05. The van der Waals surface area contributed by atoms with E-state index in [2.05, 4.69) is 43.1 Å². The third-order valence-electron chi connectivity index (χ3n) is 3.87. The summed E-state index contributed by atoms with van der Waals surface area (Å²) in [5.74, 6) is 0.0495. The Morgan fingerprint density at radius 1 is 1.33 bits per heavy atom. The number of thiophene rings is 1. The minimum Gasteiger partial charge on any atom is -0.350 e. The lowest BCUT2D eigenvalue weighted by Crippen LogP contribution is -2.38. The first-order chi connectivity index (χ1) is 10.0. The Balaban J connectivity index is 2.01. The molecule has 0 atom stereocenters. The van der Waals surface area contributed by atoms with Crippen LogP contribution in [0, 0.1) is 6.92 Å². The van der Waals surface area contributed by atoms with Gasteiger partial charge in [0.05, 0.1) is 4.88 Å². The summed E-state index contributed by atoms with van der Waals surface area (Å²) in [4.78, 5) is 15.5. The molecular formula is C17H24N2OS. The first kappa shape index (κ1) is 16.0. The number of rotatable bonds is 6. The van der Waals surface area contributed by atoms with Crippen molar-refractivity contribution in [2.75, 3.05) is 19.6 Å². The second-order valence-electron chi connectivity index (χ2n) is 5.53. The molecule has 0 spiro atoms. The Bertz CT molecular complexity index is 618. The topological polar surface area (TPSA) is 32.3 Å². The lowest BCUT2D eigenvalue weighted by Gasteiger charge is -2.24. The van der Waals surface area contributed by atoms with Gasteiger partial charge in [0.25, 0.3) is 5.91 Å². The number of nitrogens with one attached hydrogen (secondary N) is 1. The number of hydrogen-bond acceptors (Lipinski definition) is 3. The van der Waals surface area contributed by atoms with Crippen LogP contribution in [0.25, 0.3) is 10.1 Å². The van der Waals surface area contributed by atoms with Crippen molar-refractivity contribution >= 4 is 27.3 Å². The summed E-state index contributed by atoms with van der Waals surface area (Å²) < 4.78 is 1.18. The molecule has 1 N–H and O–H groups in total. The van der Waals surface area contributed by atoms with E-state index in [4.69, 9.17) is 0 Å². The Labute approximate surface area is 131 Å². The van der Waals surface area contributed by atoms with Crippen molar-refractivity contribution in [1.82, 2.24) is 10.2 Å². The van der Waals surface area contributed by atoms with Gasteiger partial charge in [0.15, 0.2) is 0 Å². The van der Waals surface area contributed by atoms with Gasteiger partial charge in [0.1, 0.15) is 0 Å². The van der Waals surface area contributed by atoms with Crippen LogP contribution in [0.3, 0.4) is 0 Å². The largest absolute Gasteiger partial charge is 0.350 e. The number of carbonyl (C=O) groups excluding carboxylic acids is 1. The van der Waals surface area contributed by atoms with Gasteiger partial charge in [-0.2, -0.15) is 0 Å². The SMILES string of the molecule is CCN(CCNC(=O)c1sc2ccccc2c1C)C(C)C. The number of carbonyl (C=O) groups is 1. The predicted octanol–water partition coefficient (Wildman–Crippen LogP) is 3.67. The van der Waals surface area contributed by atoms with Gasteiger partial charge in [-0.3, -0.25) is 9.69 Å². The molecule has 21 heavy (non-hydrogen) atoms. The van der Waals surface area contributed by atoms with Gasteiger partial charge in [-0.25, -0.2) is 0 Å². The number of fused-ring (bicyclic) bond motifs is 1. The van der Waals surface area contributed by atoms with Crippen molar-refractivity contribution in [3.8, 4) is 0 Å². The van der Waals surface area contributed by atoms with Gasteiger partial charge in [0.2, 0.25) is 0 Å². The molecule has 0 radical (unpaired) electrons. The molecular weight excluding hydrogens is 280 g/mol. The molecule has 0 unspecified atom stereocenters. The molecule has 1 heterocycles. The standard InChI is InChI=1S/C17H24N2OS/c1-5-19(12(2)3)11-10-18-17(20)16-13(4)14-8-6-7-9-15(14)21-16/h6-9,12H,5,10-11H2,1-4H3,(H,18,20). The van der Waals surface area contributed by atoms with Crippen LogP contribution in [0.1, 0.15) is 36.0 Å². The summed E-state index contributed by atoms with van der Waals surface area (Å²) in [5.41, 5.74) is 1.09. The zero-order valence-electron chi connectivity index (χ0n) is 13.3. The molecule has 0 aliphatic rings. The van der Waals surface area contributed by atoms with Crippen LogP contribution in [0.15, 0.2) is 24.3 Å². The van der Waals surface area contributed by atoms with Crippen molar-refractivity contribution < 1.29 is 4.79 Å². The summed E-state index contributed by atoms with van der Waals surface area (Å²) in [5, 5.41) is 4.24. The molecule has 2 rings (SSSR count). The van der Waals surface area contributed by atoms with Crippen molar-refractivity contribution in [3.05, 3.63) is 34.7 Å². The van der Waals surface area contributed by atoms with E-state index in [1.807, 2.05) is 19.1 Å². The van der Waals surface area contributed by atoms with E-state index in [1.165, 1.54) is 10.1 Å². The molecule has 1 amide bonds. The number of nitrogens with zero attached hydrogens (tertiary/aromatic N) is 1. The molecule has 1 aromatic heterocycles. The van der Waals surface area contributed by atoms with Crippen LogP contribution in [-0.2, 0) is 0 Å². The highest BCUT2D eigenvalue weighted by atomic mass is 32.1. The van der Waals surface area contributed by atoms with E-state index < -0.39 is 0 Å². The summed E-state index contributed by atoms with van der Waals surface area (Å²) in [7, 11) is 0. The van der Waals surface area contributed by atoms with Gasteiger partial charge >= 0.3 is 0 Å². The Kier molecular flexibility index (Phi) is 5.37. The molecule has 114 valence electrons. The summed E-state index contributed by atoms with van der Waals surface area (Å²) >= 11 is 1.58. The van der Waals surface area contributed by atoms with Gasteiger partial charge < -0.3 is 5.32 Å². The van der Waals surface area contributed by atoms with E-state index >= 15 is 0 Å². The van der Waals surface area contributed by atoms with Crippen molar-refractivity contribution in [1.29, 1.82) is 0 Å². The summed E-state index contributed by atoms with van der Waals surface area (Å²) in [6, 6.07) is 8.70. The summed E-state index contributed by atoms with van der Waals surface area (Å²) in [6.07, 6.45) is 0. The minimum absolute atomic E-state index is 0.0495. The lowest BCUT2D eigenvalue weighted by atomic mass is 10.1. The molecule has 0 aliphatic carbocycles. The lowest BCUT2D eigenvalue weighted by molar-refractivity contribution is 0.0949. The Morgan fingerprint density at radius 3 is 2.67 bits per heavy atom. The molecule has 0 aliphatic heterocycles. The molecule has 2 aromatic rings. The molecule has 0 saturated heterocycles. The first-order valence-corrected chi connectivity index (χ1v) is 8.36. The predicted molar refractivity (Wildman–Crippen MR) is 91.3 cm³/mol. The zero-order valence-corrected chi connectivity index (χ0v) is 14.1. The monoisotopic (exact) mass is 304 g/mol. The van der Waals surface area contributed by atoms with Gasteiger partial charge in [0, 0.05) is 23.8 Å². The highest BCUT2D eigenvalue weighted by molar-refractivity contribution is 7.21. The van der Waals surface area contributed by atoms with Gasteiger partial charge in [-0.1, -0.05) is 25.1 Å². The Morgan fingerprint density at radius 2 is 2.05 bits per heavy atom. The second-order valence-corrected chi connectivity index (χ2v) is 6.58. The maximum absolute atomic E-state index is 12.4. The minimum atomic E-state index is 0.0495. The van der Waals surface area contributed by atoms with Crippen LogP contribution in [0.4, 0.5) is 0 Å². The molecule has 1 aromatic carbocycles. The zero-order chi connectivity index (χ0) is 15.4. The number of benzene rings is 1.